The first kappa shape index (κ1) is 16.0. The smallest absolute Gasteiger partial charge is 0.248 e. The predicted molar refractivity (Wildman–Crippen MR) is 93.6 cm³/mol. The van der Waals surface area contributed by atoms with Crippen LogP contribution in [-0.4, -0.2) is 19.7 Å². The fraction of sp³-hybridized carbons (Fsp3) is 0.278. The van der Waals surface area contributed by atoms with Crippen molar-refractivity contribution in [1.82, 2.24) is 19.7 Å². The molecule has 0 amide bonds. The maximum Gasteiger partial charge on any atom is 0.248 e. The van der Waals surface area contributed by atoms with Gasteiger partial charge >= 0.3 is 0 Å². The monoisotopic (exact) mass is 323 g/mol. The van der Waals surface area contributed by atoms with E-state index in [9.17, 15) is 0 Å². The summed E-state index contributed by atoms with van der Waals surface area (Å²) in [6.07, 6.45) is 1.43. The van der Waals surface area contributed by atoms with Crippen LogP contribution in [-0.2, 0) is 0 Å². The molecule has 0 radical (unpaired) electrons. The van der Waals surface area contributed by atoms with Gasteiger partial charge in [0.15, 0.2) is 5.82 Å². The van der Waals surface area contributed by atoms with Gasteiger partial charge in [-0.1, -0.05) is 26.0 Å². The number of nitrogens with zero attached hydrogens (tertiary/aromatic N) is 4. The van der Waals surface area contributed by atoms with Crippen LogP contribution in [0.1, 0.15) is 36.7 Å². The third-order valence-corrected chi connectivity index (χ3v) is 3.80. The van der Waals surface area contributed by atoms with Gasteiger partial charge in [-0.3, -0.25) is 0 Å². The number of nitrogen functional groups attached to an aromatic ring is 1. The molecule has 0 bridgehead atoms. The number of rotatable bonds is 4. The molecule has 2 heterocycles. The zero-order valence-electron chi connectivity index (χ0n) is 14.3. The molecule has 0 atom stereocenters. The van der Waals surface area contributed by atoms with E-state index in [1.165, 1.54) is 11.9 Å². The van der Waals surface area contributed by atoms with Gasteiger partial charge in [-0.2, -0.15) is 10.1 Å². The van der Waals surface area contributed by atoms with Crippen molar-refractivity contribution < 1.29 is 4.74 Å². The van der Waals surface area contributed by atoms with Crippen LogP contribution in [0.2, 0.25) is 0 Å². The Balaban J connectivity index is 1.92. The molecule has 6 heteroatoms. The normalized spacial score (nSPS) is 11.0. The Kier molecular flexibility index (Phi) is 4.20. The van der Waals surface area contributed by atoms with Gasteiger partial charge in [0, 0.05) is 5.69 Å². The molecule has 0 fully saturated rings. The van der Waals surface area contributed by atoms with Crippen molar-refractivity contribution in [2.45, 2.75) is 33.6 Å². The summed E-state index contributed by atoms with van der Waals surface area (Å²) in [5.41, 5.74) is 9.67. The summed E-state index contributed by atoms with van der Waals surface area (Å²) in [6.45, 7) is 8.18. The van der Waals surface area contributed by atoms with Gasteiger partial charge in [-0.05, 0) is 43.5 Å². The standard InChI is InChI=1S/C18H21N5O/c1-11(2)14-5-7-15(8-6-14)24-18-16(19)17(20-10-21-18)23-13(4)9-12(3)22-23/h5-11H,19H2,1-4H3. The van der Waals surface area contributed by atoms with Crippen molar-refractivity contribution in [3.8, 4) is 17.4 Å². The number of anilines is 1. The summed E-state index contributed by atoms with van der Waals surface area (Å²) in [6, 6.07) is 9.88. The van der Waals surface area contributed by atoms with Crippen molar-refractivity contribution in [1.29, 1.82) is 0 Å². The van der Waals surface area contributed by atoms with Gasteiger partial charge in [-0.25, -0.2) is 9.67 Å². The molecular weight excluding hydrogens is 302 g/mol. The molecule has 3 aromatic rings. The topological polar surface area (TPSA) is 78.8 Å². The molecule has 0 unspecified atom stereocenters. The highest BCUT2D eigenvalue weighted by atomic mass is 16.5. The van der Waals surface area contributed by atoms with Crippen LogP contribution in [0.5, 0.6) is 11.6 Å². The number of aromatic nitrogens is 4. The SMILES string of the molecule is Cc1cc(C)n(-c2ncnc(Oc3ccc(C(C)C)cc3)c2N)n1. The molecule has 2 N–H and O–H groups in total. The van der Waals surface area contributed by atoms with Gasteiger partial charge in [0.1, 0.15) is 17.8 Å². The summed E-state index contributed by atoms with van der Waals surface area (Å²) >= 11 is 0. The van der Waals surface area contributed by atoms with Crippen LogP contribution in [0, 0.1) is 13.8 Å². The molecule has 0 aliphatic heterocycles. The molecule has 1 aromatic carbocycles. The summed E-state index contributed by atoms with van der Waals surface area (Å²) in [7, 11) is 0. The summed E-state index contributed by atoms with van der Waals surface area (Å²) in [5.74, 6) is 2.00. The van der Waals surface area contributed by atoms with E-state index in [0.717, 1.165) is 11.4 Å². The Morgan fingerprint density at radius 1 is 1.08 bits per heavy atom. The highest BCUT2D eigenvalue weighted by Gasteiger charge is 2.14. The van der Waals surface area contributed by atoms with Crippen molar-refractivity contribution >= 4 is 5.69 Å². The van der Waals surface area contributed by atoms with Crippen molar-refractivity contribution in [2.75, 3.05) is 5.73 Å². The van der Waals surface area contributed by atoms with E-state index < -0.39 is 0 Å². The van der Waals surface area contributed by atoms with E-state index in [1.807, 2.05) is 44.2 Å². The molecule has 0 spiro atoms. The van der Waals surface area contributed by atoms with E-state index >= 15 is 0 Å². The van der Waals surface area contributed by atoms with E-state index in [2.05, 4.69) is 28.9 Å². The number of hydrogen-bond acceptors (Lipinski definition) is 5. The van der Waals surface area contributed by atoms with Crippen LogP contribution in [0.3, 0.4) is 0 Å². The second-order valence-electron chi connectivity index (χ2n) is 6.08. The fourth-order valence-electron chi connectivity index (χ4n) is 2.50. The summed E-state index contributed by atoms with van der Waals surface area (Å²) < 4.78 is 7.53. The van der Waals surface area contributed by atoms with Crippen LogP contribution >= 0.6 is 0 Å². The molecule has 124 valence electrons. The van der Waals surface area contributed by atoms with E-state index in [1.54, 1.807) is 4.68 Å². The minimum absolute atomic E-state index is 0.324. The highest BCUT2D eigenvalue weighted by Crippen LogP contribution is 2.29. The number of aryl methyl sites for hydroxylation is 2. The zero-order valence-corrected chi connectivity index (χ0v) is 14.3. The zero-order chi connectivity index (χ0) is 17.3. The quantitative estimate of drug-likeness (QED) is 0.790. The lowest BCUT2D eigenvalue weighted by Crippen LogP contribution is -2.08. The van der Waals surface area contributed by atoms with E-state index in [4.69, 9.17) is 10.5 Å². The van der Waals surface area contributed by atoms with Crippen LogP contribution < -0.4 is 10.5 Å². The van der Waals surface area contributed by atoms with Gasteiger partial charge < -0.3 is 10.5 Å². The Hall–Kier alpha value is -2.89. The third kappa shape index (κ3) is 3.08. The lowest BCUT2D eigenvalue weighted by atomic mass is 10.0. The molecule has 0 aliphatic carbocycles. The third-order valence-electron chi connectivity index (χ3n) is 3.80. The number of benzene rings is 1. The number of hydrogen-bond donors (Lipinski definition) is 1. The first-order valence-corrected chi connectivity index (χ1v) is 7.87. The lowest BCUT2D eigenvalue weighted by Gasteiger charge is -2.12. The minimum atomic E-state index is 0.324. The first-order chi connectivity index (χ1) is 11.5. The second kappa shape index (κ2) is 6.31. The Bertz CT molecular complexity index is 852. The van der Waals surface area contributed by atoms with Gasteiger partial charge in [-0.15, -0.1) is 0 Å². The fourth-order valence-corrected chi connectivity index (χ4v) is 2.50. The molecule has 0 aliphatic rings. The minimum Gasteiger partial charge on any atom is -0.437 e. The molecule has 6 nitrogen and oxygen atoms in total. The van der Waals surface area contributed by atoms with Gasteiger partial charge in [0.05, 0.1) is 5.69 Å². The molecular formula is C18H21N5O. The van der Waals surface area contributed by atoms with Crippen molar-refractivity contribution in [2.24, 2.45) is 0 Å². The van der Waals surface area contributed by atoms with Crippen LogP contribution in [0.4, 0.5) is 5.69 Å². The van der Waals surface area contributed by atoms with Crippen LogP contribution in [0.15, 0.2) is 36.7 Å². The maximum absolute atomic E-state index is 6.21. The maximum atomic E-state index is 6.21. The molecule has 2 aromatic heterocycles. The average Bonchev–Trinajstić information content (AvgIpc) is 2.88. The second-order valence-corrected chi connectivity index (χ2v) is 6.08. The van der Waals surface area contributed by atoms with Crippen molar-refractivity contribution in [3.05, 3.63) is 53.6 Å². The Morgan fingerprint density at radius 2 is 1.79 bits per heavy atom. The van der Waals surface area contributed by atoms with E-state index in [-0.39, 0.29) is 0 Å². The summed E-state index contributed by atoms with van der Waals surface area (Å²) in [4.78, 5) is 8.40. The number of ether oxygens (including phenoxy) is 1. The first-order valence-electron chi connectivity index (χ1n) is 7.87. The predicted octanol–water partition coefficient (Wildman–Crippen LogP) is 3.78. The van der Waals surface area contributed by atoms with Gasteiger partial charge in [0.2, 0.25) is 5.88 Å². The largest absolute Gasteiger partial charge is 0.437 e. The average molecular weight is 323 g/mol. The van der Waals surface area contributed by atoms with Crippen LogP contribution in [0.25, 0.3) is 5.82 Å². The molecule has 0 saturated heterocycles. The van der Waals surface area contributed by atoms with Crippen molar-refractivity contribution in [3.63, 3.8) is 0 Å². The highest BCUT2D eigenvalue weighted by molar-refractivity contribution is 5.60. The molecule has 3 rings (SSSR count). The van der Waals surface area contributed by atoms with Gasteiger partial charge in [0.25, 0.3) is 0 Å². The van der Waals surface area contributed by atoms with E-state index in [0.29, 0.717) is 29.1 Å². The molecule has 0 saturated carbocycles. The molecule has 24 heavy (non-hydrogen) atoms. The Labute approximate surface area is 141 Å². The summed E-state index contributed by atoms with van der Waals surface area (Å²) in [5, 5.41) is 4.41. The number of nitrogens with two attached hydrogens (primary N) is 1. The lowest BCUT2D eigenvalue weighted by molar-refractivity contribution is 0.463. The Morgan fingerprint density at radius 3 is 2.38 bits per heavy atom.